The Balaban J connectivity index is 2.13. The molecule has 8 heavy (non-hydrogen) atoms. The van der Waals surface area contributed by atoms with Crippen LogP contribution >= 0.6 is 0 Å². The van der Waals surface area contributed by atoms with Crippen LogP contribution in [-0.4, -0.2) is 33.9 Å². The molecule has 0 unspecified atom stereocenters. The van der Waals surface area contributed by atoms with Crippen molar-refractivity contribution in [3.8, 4) is 0 Å². The van der Waals surface area contributed by atoms with Crippen molar-refractivity contribution in [1.82, 2.24) is 15.0 Å². The van der Waals surface area contributed by atoms with Gasteiger partial charge in [-0.1, -0.05) is 6.92 Å². The van der Waals surface area contributed by atoms with Crippen LogP contribution in [0.3, 0.4) is 0 Å². The minimum atomic E-state index is 0.955. The molecule has 0 saturated carbocycles. The van der Waals surface area contributed by atoms with E-state index in [9.17, 15) is 0 Å². The monoisotopic (exact) mass is 109 g/mol. The summed E-state index contributed by atoms with van der Waals surface area (Å²) in [4.78, 5) is 0. The van der Waals surface area contributed by atoms with Crippen LogP contribution in [-0.2, 0) is 0 Å². The van der Waals surface area contributed by atoms with E-state index >= 15 is 0 Å². The Kier molecular flexibility index (Phi) is 2.46. The lowest BCUT2D eigenvalue weighted by Gasteiger charge is -2.23. The van der Waals surface area contributed by atoms with Crippen LogP contribution in [0.1, 0.15) is 6.92 Å². The van der Waals surface area contributed by atoms with Crippen LogP contribution in [0.15, 0.2) is 0 Å². The van der Waals surface area contributed by atoms with Crippen molar-refractivity contribution in [2.24, 2.45) is 0 Å². The van der Waals surface area contributed by atoms with Gasteiger partial charge in [0.05, 0.1) is 0 Å². The Hall–Kier alpha value is 0.0748. The molecule has 0 aromatic rings. The first-order chi connectivity index (χ1) is 3.93. The average Bonchev–Trinajstić information content (AvgIpc) is 1.90. The highest BCUT2D eigenvalue weighted by Crippen LogP contribution is 1.77. The Bertz CT molecular complexity index is 63.5. The highest BCUT2D eigenvalue weighted by molar-refractivity contribution is 6.65. The highest BCUT2D eigenvalue weighted by Gasteiger charge is 2.09. The molecule has 1 fully saturated rings. The number of nitrogens with zero attached hydrogens (tertiary/aromatic N) is 1. The van der Waals surface area contributed by atoms with Crippen molar-refractivity contribution < 1.29 is 0 Å². The maximum atomic E-state index is 3.20. The van der Waals surface area contributed by atoms with E-state index in [-0.39, 0.29) is 0 Å². The summed E-state index contributed by atoms with van der Waals surface area (Å²) in [6.07, 6.45) is 0. The largest absolute Gasteiger partial charge is 0.377 e. The molecule has 0 spiro atoms. The van der Waals surface area contributed by atoms with Gasteiger partial charge in [0.1, 0.15) is 0 Å². The topological polar surface area (TPSA) is 27.3 Å². The number of hydrogen-bond acceptors (Lipinski definition) is 3. The molecule has 6 heteroatoms. The molecule has 1 heterocycles. The Morgan fingerprint density at radius 1 is 1.38 bits per heavy atom. The molecule has 1 aliphatic rings. The molecule has 3 nitrogen and oxygen atoms in total. The second-order valence-corrected chi connectivity index (χ2v) is 1.98. The first-order valence-corrected chi connectivity index (χ1v) is 3.07. The Labute approximate surface area is 52.1 Å². The van der Waals surface area contributed by atoms with Crippen LogP contribution in [0.4, 0.5) is 0 Å². The van der Waals surface area contributed by atoms with E-state index in [0.717, 1.165) is 29.2 Å². The zero-order valence-electron chi connectivity index (χ0n) is 5.28. The average molecular weight is 109 g/mol. The van der Waals surface area contributed by atoms with Crippen LogP contribution in [0.25, 0.3) is 0 Å². The lowest BCUT2D eigenvalue weighted by atomic mass is 9.81. The van der Waals surface area contributed by atoms with Crippen molar-refractivity contribution in [3.63, 3.8) is 0 Å². The van der Waals surface area contributed by atoms with Crippen molar-refractivity contribution >= 4 is 22.6 Å². The van der Waals surface area contributed by atoms with Gasteiger partial charge in [0.25, 0.3) is 22.6 Å². The van der Waals surface area contributed by atoms with Gasteiger partial charge in [-0.25, -0.2) is 0 Å². The second kappa shape index (κ2) is 3.17. The van der Waals surface area contributed by atoms with Gasteiger partial charge in [0.15, 0.2) is 0 Å². The Morgan fingerprint density at radius 2 is 2.00 bits per heavy atom. The van der Waals surface area contributed by atoms with Crippen LogP contribution < -0.4 is 10.3 Å². The van der Waals surface area contributed by atoms with Crippen LogP contribution in [0.5, 0.6) is 0 Å². The van der Waals surface area contributed by atoms with E-state index in [1.54, 1.807) is 0 Å². The fourth-order valence-corrected chi connectivity index (χ4v) is 0.796. The van der Waals surface area contributed by atoms with Gasteiger partial charge in [-0.15, -0.1) is 0 Å². The van der Waals surface area contributed by atoms with Crippen LogP contribution in [0, 0.1) is 0 Å². The quantitative estimate of drug-likeness (QED) is 0.358. The molecule has 0 radical (unpaired) electrons. The molecule has 0 atom stereocenters. The molecule has 1 aliphatic heterocycles. The van der Waals surface area contributed by atoms with Crippen molar-refractivity contribution in [1.29, 1.82) is 0 Å². The molecular weight excluding hydrogens is 98.5 g/mol. The van der Waals surface area contributed by atoms with Gasteiger partial charge in [0.2, 0.25) is 0 Å². The predicted molar refractivity (Wildman–Crippen MR) is 40.1 cm³/mol. The van der Waals surface area contributed by atoms with Gasteiger partial charge < -0.3 is 15.0 Å². The molecular formula is C2H10B3N3. The SMILES string of the molecule is CCN1BNBNB1. The molecule has 1 rings (SSSR count). The van der Waals surface area contributed by atoms with E-state index in [1.165, 1.54) is 0 Å². The standard InChI is InChI=1S/C2H10B3N3/c1-2-8-4-6-3-7-5-8/h3-7H,2H2,1H3. The van der Waals surface area contributed by atoms with Gasteiger partial charge in [-0.3, -0.25) is 0 Å². The fourth-order valence-electron chi connectivity index (χ4n) is 0.796. The summed E-state index contributed by atoms with van der Waals surface area (Å²) in [5.41, 5.74) is 0. The molecule has 0 aliphatic carbocycles. The van der Waals surface area contributed by atoms with Gasteiger partial charge in [0, 0.05) is 0 Å². The van der Waals surface area contributed by atoms with Gasteiger partial charge >= 0.3 is 0 Å². The number of hydrogen-bond donors (Lipinski definition) is 2. The minimum absolute atomic E-state index is 0.955. The lowest BCUT2D eigenvalue weighted by Crippen LogP contribution is -2.57. The smallest absolute Gasteiger partial charge is 0.267 e. The first-order valence-electron chi connectivity index (χ1n) is 3.07. The third-order valence-corrected chi connectivity index (χ3v) is 1.37. The summed E-state index contributed by atoms with van der Waals surface area (Å²) in [6, 6.07) is 0. The van der Waals surface area contributed by atoms with Crippen LogP contribution in [0.2, 0.25) is 0 Å². The third-order valence-electron chi connectivity index (χ3n) is 1.37. The van der Waals surface area contributed by atoms with E-state index < -0.39 is 0 Å². The molecule has 0 amide bonds. The van der Waals surface area contributed by atoms with Crippen molar-refractivity contribution in [2.75, 3.05) is 6.54 Å². The maximum absolute atomic E-state index is 3.20. The maximum Gasteiger partial charge on any atom is 0.267 e. The lowest BCUT2D eigenvalue weighted by molar-refractivity contribution is 0.694. The zero-order chi connectivity index (χ0) is 5.82. The minimum Gasteiger partial charge on any atom is -0.377 e. The fraction of sp³-hybridized carbons (Fsp3) is 1.00. The van der Waals surface area contributed by atoms with Crippen molar-refractivity contribution in [3.05, 3.63) is 0 Å². The van der Waals surface area contributed by atoms with E-state index in [1.807, 2.05) is 0 Å². The number of rotatable bonds is 1. The first kappa shape index (κ1) is 6.20. The summed E-state index contributed by atoms with van der Waals surface area (Å²) < 4.78 is 2.30. The molecule has 0 aromatic heterocycles. The molecule has 0 aromatic carbocycles. The second-order valence-electron chi connectivity index (χ2n) is 1.98. The molecule has 0 bridgehead atoms. The summed E-state index contributed by atoms with van der Waals surface area (Å²) in [6.45, 7) is 3.29. The summed E-state index contributed by atoms with van der Waals surface area (Å²) in [7, 11) is 3.02. The highest BCUT2D eigenvalue weighted by atomic mass is 15.1. The van der Waals surface area contributed by atoms with E-state index in [4.69, 9.17) is 0 Å². The molecule has 2 N–H and O–H groups in total. The normalized spacial score (nSPS) is 20.6. The predicted octanol–water partition coefficient (Wildman–Crippen LogP) is -2.70. The summed E-state index contributed by atoms with van der Waals surface area (Å²) in [5.74, 6) is 0. The van der Waals surface area contributed by atoms with E-state index in [0.29, 0.717) is 0 Å². The van der Waals surface area contributed by atoms with Gasteiger partial charge in [-0.05, 0) is 6.54 Å². The molecule has 1 saturated heterocycles. The van der Waals surface area contributed by atoms with E-state index in [2.05, 4.69) is 21.9 Å². The molecule has 42 valence electrons. The summed E-state index contributed by atoms with van der Waals surface area (Å²) >= 11 is 0. The van der Waals surface area contributed by atoms with Crippen molar-refractivity contribution in [2.45, 2.75) is 6.92 Å². The summed E-state index contributed by atoms with van der Waals surface area (Å²) in [5, 5.41) is 6.40. The van der Waals surface area contributed by atoms with Gasteiger partial charge in [-0.2, -0.15) is 0 Å². The Morgan fingerprint density at radius 3 is 2.38 bits per heavy atom. The zero-order valence-corrected chi connectivity index (χ0v) is 5.28. The number of nitrogens with one attached hydrogen (secondary N) is 2. The third kappa shape index (κ3) is 1.54.